The summed E-state index contributed by atoms with van der Waals surface area (Å²) < 4.78 is 1.61. The zero-order valence-electron chi connectivity index (χ0n) is 10.4. The highest BCUT2D eigenvalue weighted by Crippen LogP contribution is 2.17. The second-order valence-electron chi connectivity index (χ2n) is 4.15. The van der Waals surface area contributed by atoms with E-state index < -0.39 is 0 Å². The number of pyridine rings is 1. The van der Waals surface area contributed by atoms with E-state index in [2.05, 4.69) is 15.1 Å². The van der Waals surface area contributed by atoms with Crippen LogP contribution in [0.3, 0.4) is 0 Å². The molecule has 0 unspecified atom stereocenters. The summed E-state index contributed by atoms with van der Waals surface area (Å²) in [5.74, 6) is 0.606. The second-order valence-corrected chi connectivity index (χ2v) is 4.15. The summed E-state index contributed by atoms with van der Waals surface area (Å²) in [6, 6.07) is 12.7. The lowest BCUT2D eigenvalue weighted by atomic mass is 10.2. The molecule has 2 heterocycles. The maximum absolute atomic E-state index is 8.72. The molecule has 0 radical (unpaired) electrons. The third-order valence-corrected chi connectivity index (χ3v) is 2.79. The predicted octanol–water partition coefficient (Wildman–Crippen LogP) is 1.78. The standard InChI is InChI=1S/C14H10N6/c15-7-12-5-6-13(8-17-12)20-9-18-14(19-20)10-1-3-11(16)4-2-10/h1-6,8-9H,16H2. The van der Waals surface area contributed by atoms with Gasteiger partial charge in [0.2, 0.25) is 0 Å². The van der Waals surface area contributed by atoms with Crippen molar-refractivity contribution in [1.82, 2.24) is 19.7 Å². The highest BCUT2D eigenvalue weighted by molar-refractivity contribution is 5.58. The molecule has 3 rings (SSSR count). The molecule has 0 saturated heterocycles. The van der Waals surface area contributed by atoms with Crippen molar-refractivity contribution in [1.29, 1.82) is 5.26 Å². The summed E-state index contributed by atoms with van der Waals surface area (Å²) in [5.41, 5.74) is 8.35. The fourth-order valence-electron chi connectivity index (χ4n) is 1.74. The SMILES string of the molecule is N#Cc1ccc(-n2cnc(-c3ccc(N)cc3)n2)cn1. The lowest BCUT2D eigenvalue weighted by Gasteiger charge is -1.99. The van der Waals surface area contributed by atoms with Crippen LogP contribution in [0.25, 0.3) is 17.1 Å². The van der Waals surface area contributed by atoms with Crippen molar-refractivity contribution < 1.29 is 0 Å². The fourth-order valence-corrected chi connectivity index (χ4v) is 1.74. The predicted molar refractivity (Wildman–Crippen MR) is 73.7 cm³/mol. The Balaban J connectivity index is 1.93. The molecular weight excluding hydrogens is 252 g/mol. The minimum Gasteiger partial charge on any atom is -0.399 e. The van der Waals surface area contributed by atoms with Gasteiger partial charge in [0.25, 0.3) is 0 Å². The summed E-state index contributed by atoms with van der Waals surface area (Å²) in [6.07, 6.45) is 3.19. The molecule has 0 aliphatic carbocycles. The van der Waals surface area contributed by atoms with Crippen LogP contribution in [0.4, 0.5) is 5.69 Å². The van der Waals surface area contributed by atoms with Crippen molar-refractivity contribution in [2.45, 2.75) is 0 Å². The largest absolute Gasteiger partial charge is 0.399 e. The van der Waals surface area contributed by atoms with Gasteiger partial charge < -0.3 is 5.73 Å². The molecule has 1 aromatic carbocycles. The van der Waals surface area contributed by atoms with Crippen LogP contribution in [-0.2, 0) is 0 Å². The summed E-state index contributed by atoms with van der Waals surface area (Å²) in [5, 5.41) is 13.1. The van der Waals surface area contributed by atoms with E-state index in [1.54, 1.807) is 41.5 Å². The summed E-state index contributed by atoms with van der Waals surface area (Å²) in [6.45, 7) is 0. The first-order valence-corrected chi connectivity index (χ1v) is 5.90. The van der Waals surface area contributed by atoms with Crippen molar-refractivity contribution in [3.63, 3.8) is 0 Å². The number of nitrogens with zero attached hydrogens (tertiary/aromatic N) is 5. The normalized spacial score (nSPS) is 10.2. The Hall–Kier alpha value is -3.20. The molecule has 0 fully saturated rings. The monoisotopic (exact) mass is 262 g/mol. The van der Waals surface area contributed by atoms with Crippen LogP contribution in [0.2, 0.25) is 0 Å². The molecule has 0 spiro atoms. The Labute approximate surface area is 115 Å². The van der Waals surface area contributed by atoms with Gasteiger partial charge in [-0.05, 0) is 36.4 Å². The van der Waals surface area contributed by atoms with Gasteiger partial charge >= 0.3 is 0 Å². The van der Waals surface area contributed by atoms with Crippen molar-refractivity contribution in [2.24, 2.45) is 0 Å². The molecule has 20 heavy (non-hydrogen) atoms. The van der Waals surface area contributed by atoms with Gasteiger partial charge in [0.1, 0.15) is 18.1 Å². The van der Waals surface area contributed by atoms with Gasteiger partial charge in [-0.2, -0.15) is 5.26 Å². The number of aromatic nitrogens is 4. The van der Waals surface area contributed by atoms with Gasteiger partial charge in [-0.15, -0.1) is 5.10 Å². The molecule has 0 amide bonds. The number of hydrogen-bond acceptors (Lipinski definition) is 5. The zero-order chi connectivity index (χ0) is 13.9. The quantitative estimate of drug-likeness (QED) is 0.710. The van der Waals surface area contributed by atoms with Crippen LogP contribution in [0.1, 0.15) is 5.69 Å². The van der Waals surface area contributed by atoms with Crippen LogP contribution in [0, 0.1) is 11.3 Å². The van der Waals surface area contributed by atoms with Gasteiger partial charge in [-0.1, -0.05) is 0 Å². The molecule has 3 aromatic rings. The third kappa shape index (κ3) is 2.20. The number of hydrogen-bond donors (Lipinski definition) is 1. The minimum absolute atomic E-state index is 0.368. The molecule has 6 heteroatoms. The number of nitriles is 1. The highest BCUT2D eigenvalue weighted by Gasteiger charge is 2.05. The first kappa shape index (κ1) is 11.9. The average Bonchev–Trinajstić information content (AvgIpc) is 2.98. The molecule has 6 nitrogen and oxygen atoms in total. The van der Waals surface area contributed by atoms with Crippen LogP contribution in [0.15, 0.2) is 48.9 Å². The number of nitrogen functional groups attached to an aromatic ring is 1. The summed E-state index contributed by atoms with van der Waals surface area (Å²) in [7, 11) is 0. The van der Waals surface area contributed by atoms with Crippen molar-refractivity contribution in [3.05, 3.63) is 54.6 Å². The van der Waals surface area contributed by atoms with Crippen molar-refractivity contribution in [2.75, 3.05) is 5.73 Å². The first-order valence-electron chi connectivity index (χ1n) is 5.90. The van der Waals surface area contributed by atoms with Crippen LogP contribution in [-0.4, -0.2) is 19.7 Å². The Kier molecular flexibility index (Phi) is 2.86. The van der Waals surface area contributed by atoms with Gasteiger partial charge in [0.05, 0.1) is 11.9 Å². The summed E-state index contributed by atoms with van der Waals surface area (Å²) in [4.78, 5) is 8.25. The number of nitrogens with two attached hydrogens (primary N) is 1. The minimum atomic E-state index is 0.368. The smallest absolute Gasteiger partial charge is 0.181 e. The lowest BCUT2D eigenvalue weighted by molar-refractivity contribution is 0.874. The van der Waals surface area contributed by atoms with E-state index in [4.69, 9.17) is 11.0 Å². The van der Waals surface area contributed by atoms with Gasteiger partial charge in [0, 0.05) is 11.3 Å². The lowest BCUT2D eigenvalue weighted by Crippen LogP contribution is -1.96. The van der Waals surface area contributed by atoms with E-state index in [9.17, 15) is 0 Å². The molecule has 0 aliphatic rings. The van der Waals surface area contributed by atoms with Crippen LogP contribution in [0.5, 0.6) is 0 Å². The highest BCUT2D eigenvalue weighted by atomic mass is 15.3. The van der Waals surface area contributed by atoms with Crippen molar-refractivity contribution >= 4 is 5.69 Å². The van der Waals surface area contributed by atoms with E-state index in [-0.39, 0.29) is 0 Å². The Morgan fingerprint density at radius 1 is 1.05 bits per heavy atom. The number of benzene rings is 1. The van der Waals surface area contributed by atoms with Gasteiger partial charge in [-0.25, -0.2) is 14.6 Å². The topological polar surface area (TPSA) is 93.4 Å². The van der Waals surface area contributed by atoms with E-state index >= 15 is 0 Å². The van der Waals surface area contributed by atoms with E-state index in [0.717, 1.165) is 11.3 Å². The number of rotatable bonds is 2. The third-order valence-electron chi connectivity index (χ3n) is 2.79. The Bertz CT molecular complexity index is 765. The first-order chi connectivity index (χ1) is 9.76. The zero-order valence-corrected chi connectivity index (χ0v) is 10.4. The van der Waals surface area contributed by atoms with Crippen molar-refractivity contribution in [3.8, 4) is 23.1 Å². The maximum Gasteiger partial charge on any atom is 0.181 e. The van der Waals surface area contributed by atoms with E-state index in [1.807, 2.05) is 18.2 Å². The van der Waals surface area contributed by atoms with Crippen LogP contribution < -0.4 is 5.73 Å². The second kappa shape index (κ2) is 4.82. The Morgan fingerprint density at radius 2 is 1.85 bits per heavy atom. The molecule has 0 atom stereocenters. The molecule has 0 bridgehead atoms. The van der Waals surface area contributed by atoms with Gasteiger partial charge in [0.15, 0.2) is 5.82 Å². The number of anilines is 1. The Morgan fingerprint density at radius 3 is 2.50 bits per heavy atom. The molecule has 96 valence electrons. The molecule has 2 aromatic heterocycles. The van der Waals surface area contributed by atoms with E-state index in [1.165, 1.54) is 0 Å². The van der Waals surface area contributed by atoms with Gasteiger partial charge in [-0.3, -0.25) is 0 Å². The molecule has 0 aliphatic heterocycles. The fraction of sp³-hybridized carbons (Fsp3) is 0. The molecule has 2 N–H and O–H groups in total. The maximum atomic E-state index is 8.72. The van der Waals surface area contributed by atoms with E-state index in [0.29, 0.717) is 17.2 Å². The molecular formula is C14H10N6. The molecule has 0 saturated carbocycles. The van der Waals surface area contributed by atoms with Crippen LogP contribution >= 0.6 is 0 Å². The average molecular weight is 262 g/mol. The summed E-state index contributed by atoms with van der Waals surface area (Å²) >= 11 is 0.